The summed E-state index contributed by atoms with van der Waals surface area (Å²) in [7, 11) is 3.08. The van der Waals surface area contributed by atoms with Crippen molar-refractivity contribution in [1.82, 2.24) is 10.2 Å². The molecule has 0 atom stereocenters. The number of hydrogen-bond donors (Lipinski definition) is 2. The fraction of sp³-hybridized carbons (Fsp3) is 0.320. The van der Waals surface area contributed by atoms with E-state index in [0.717, 1.165) is 12.1 Å². The van der Waals surface area contributed by atoms with Crippen molar-refractivity contribution in [1.29, 1.82) is 5.41 Å². The van der Waals surface area contributed by atoms with E-state index in [4.69, 9.17) is 5.41 Å². The van der Waals surface area contributed by atoms with Gasteiger partial charge < -0.3 is 10.2 Å². The normalized spacial score (nSPS) is 14.1. The molecule has 0 heterocycles. The molecule has 0 saturated carbocycles. The summed E-state index contributed by atoms with van der Waals surface area (Å²) in [5.41, 5.74) is -0.750. The minimum absolute atomic E-state index is 0.0502. The third kappa shape index (κ3) is 5.18. The zero-order valence-corrected chi connectivity index (χ0v) is 19.1. The van der Waals surface area contributed by atoms with Crippen molar-refractivity contribution in [2.45, 2.75) is 38.8 Å². The zero-order chi connectivity index (χ0) is 25.2. The lowest BCUT2D eigenvalue weighted by Crippen LogP contribution is -2.30. The molecule has 2 aromatic rings. The van der Waals surface area contributed by atoms with E-state index in [1.54, 1.807) is 0 Å². The van der Waals surface area contributed by atoms with Gasteiger partial charge in [-0.3, -0.25) is 15.0 Å². The number of aryl methyl sites for hydroxylation is 1. The van der Waals surface area contributed by atoms with E-state index in [1.807, 2.05) is 0 Å². The highest BCUT2D eigenvalue weighted by Gasteiger charge is 2.36. The molecule has 1 aliphatic rings. The summed E-state index contributed by atoms with van der Waals surface area (Å²) in [6.07, 6.45) is -2.63. The van der Waals surface area contributed by atoms with Crippen molar-refractivity contribution in [3.05, 3.63) is 81.3 Å². The summed E-state index contributed by atoms with van der Waals surface area (Å²) >= 11 is 0. The summed E-state index contributed by atoms with van der Waals surface area (Å²) in [5, 5.41) is 11.1. The van der Waals surface area contributed by atoms with E-state index in [-0.39, 0.29) is 28.3 Å². The van der Waals surface area contributed by atoms with Gasteiger partial charge in [0.05, 0.1) is 16.8 Å². The van der Waals surface area contributed by atoms with E-state index in [9.17, 15) is 27.2 Å². The predicted octanol–water partition coefficient (Wildman–Crippen LogP) is 5.48. The third-order valence-corrected chi connectivity index (χ3v) is 5.73. The second-order valence-electron chi connectivity index (χ2n) is 8.38. The average Bonchev–Trinajstić information content (AvgIpc) is 2.77. The standard InChI is InChI=1S/C25H25F4N3O2/c1-14-7-6-9-18(25(27,28)29)21(14)23(33)31-20-10-5-4-8-17(20)22(30)16-12-11-15(13-19(16)26)24(34)32(2)3/h6-7,9,11-13,30H,4-5,8,10H2,1-3H3,(H,31,33). The molecule has 2 N–H and O–H groups in total. The highest BCUT2D eigenvalue weighted by Crippen LogP contribution is 2.34. The number of nitrogens with one attached hydrogen (secondary N) is 2. The van der Waals surface area contributed by atoms with Crippen LogP contribution in [0.25, 0.3) is 0 Å². The Balaban J connectivity index is 1.97. The summed E-state index contributed by atoms with van der Waals surface area (Å²) in [5.74, 6) is -2.07. The van der Waals surface area contributed by atoms with Crippen molar-refractivity contribution in [2.75, 3.05) is 14.1 Å². The third-order valence-electron chi connectivity index (χ3n) is 5.73. The number of carbonyl (C=O) groups is 2. The lowest BCUT2D eigenvalue weighted by Gasteiger charge is -2.23. The van der Waals surface area contributed by atoms with Crippen LogP contribution in [-0.2, 0) is 6.18 Å². The Hall–Kier alpha value is -3.49. The van der Waals surface area contributed by atoms with Crippen LogP contribution in [0.15, 0.2) is 47.7 Å². The first-order valence-electron chi connectivity index (χ1n) is 10.7. The Kier molecular flexibility index (Phi) is 7.24. The topological polar surface area (TPSA) is 73.3 Å². The predicted molar refractivity (Wildman–Crippen MR) is 120 cm³/mol. The molecule has 0 spiro atoms. The molecule has 0 bridgehead atoms. The number of allylic oxidation sites excluding steroid dienone is 2. The maximum Gasteiger partial charge on any atom is 0.417 e. The van der Waals surface area contributed by atoms with Crippen LogP contribution in [0.5, 0.6) is 0 Å². The first kappa shape index (κ1) is 25.1. The van der Waals surface area contributed by atoms with Crippen molar-refractivity contribution < 1.29 is 27.2 Å². The van der Waals surface area contributed by atoms with Gasteiger partial charge >= 0.3 is 6.18 Å². The van der Waals surface area contributed by atoms with Gasteiger partial charge in [-0.05, 0) is 68.0 Å². The highest BCUT2D eigenvalue weighted by molar-refractivity contribution is 6.12. The molecule has 2 amide bonds. The molecule has 34 heavy (non-hydrogen) atoms. The number of alkyl halides is 3. The molecule has 2 aromatic carbocycles. The van der Waals surface area contributed by atoms with Crippen LogP contribution >= 0.6 is 0 Å². The number of rotatable bonds is 5. The lowest BCUT2D eigenvalue weighted by atomic mass is 9.89. The Labute approximate surface area is 195 Å². The second kappa shape index (κ2) is 9.79. The van der Waals surface area contributed by atoms with Gasteiger partial charge in [0.1, 0.15) is 5.82 Å². The highest BCUT2D eigenvalue weighted by atomic mass is 19.4. The molecule has 5 nitrogen and oxygen atoms in total. The number of amides is 2. The first-order valence-corrected chi connectivity index (χ1v) is 10.7. The zero-order valence-electron chi connectivity index (χ0n) is 19.1. The lowest BCUT2D eigenvalue weighted by molar-refractivity contribution is -0.138. The Morgan fingerprint density at radius 2 is 1.74 bits per heavy atom. The van der Waals surface area contributed by atoms with E-state index in [2.05, 4.69) is 5.32 Å². The molecule has 3 rings (SSSR count). The number of benzene rings is 2. The molecule has 0 fully saturated rings. The van der Waals surface area contributed by atoms with Gasteiger partial charge in [0.2, 0.25) is 0 Å². The Morgan fingerprint density at radius 1 is 1.06 bits per heavy atom. The molecule has 9 heteroatoms. The number of carbonyl (C=O) groups excluding carboxylic acids is 2. The van der Waals surface area contributed by atoms with Gasteiger partial charge in [-0.1, -0.05) is 12.1 Å². The van der Waals surface area contributed by atoms with Crippen LogP contribution in [0.2, 0.25) is 0 Å². The largest absolute Gasteiger partial charge is 0.417 e. The molecular formula is C25H25F4N3O2. The number of halogens is 4. The van der Waals surface area contributed by atoms with Crippen molar-refractivity contribution in [3.63, 3.8) is 0 Å². The monoisotopic (exact) mass is 475 g/mol. The first-order chi connectivity index (χ1) is 15.9. The minimum atomic E-state index is -4.70. The van der Waals surface area contributed by atoms with Gasteiger partial charge in [-0.15, -0.1) is 0 Å². The molecule has 180 valence electrons. The second-order valence-corrected chi connectivity index (χ2v) is 8.38. The van der Waals surface area contributed by atoms with Gasteiger partial charge in [-0.2, -0.15) is 13.2 Å². The van der Waals surface area contributed by atoms with Crippen LogP contribution in [-0.4, -0.2) is 36.5 Å². The van der Waals surface area contributed by atoms with Gasteiger partial charge in [-0.25, -0.2) is 4.39 Å². The smallest absolute Gasteiger partial charge is 0.345 e. The molecular weight excluding hydrogens is 450 g/mol. The molecule has 0 aromatic heterocycles. The summed E-state index contributed by atoms with van der Waals surface area (Å²) < 4.78 is 55.3. The minimum Gasteiger partial charge on any atom is -0.345 e. The SMILES string of the molecule is Cc1cccc(C(F)(F)F)c1C(=O)NC1=C(C(=N)c2ccc(C(=O)N(C)C)cc2F)CCCC1. The maximum atomic E-state index is 14.8. The molecule has 0 saturated heterocycles. The fourth-order valence-electron chi connectivity index (χ4n) is 4.00. The van der Waals surface area contributed by atoms with Crippen LogP contribution in [0, 0.1) is 18.2 Å². The van der Waals surface area contributed by atoms with Crippen molar-refractivity contribution in [2.24, 2.45) is 0 Å². The van der Waals surface area contributed by atoms with E-state index in [0.29, 0.717) is 37.0 Å². The summed E-state index contributed by atoms with van der Waals surface area (Å²) in [6, 6.07) is 7.32. The quantitative estimate of drug-likeness (QED) is 0.444. The van der Waals surface area contributed by atoms with E-state index >= 15 is 0 Å². The van der Waals surface area contributed by atoms with E-state index in [1.165, 1.54) is 50.2 Å². The summed E-state index contributed by atoms with van der Waals surface area (Å²) in [6.45, 7) is 1.42. The van der Waals surface area contributed by atoms with Crippen LogP contribution < -0.4 is 5.32 Å². The average molecular weight is 475 g/mol. The Morgan fingerprint density at radius 3 is 2.35 bits per heavy atom. The van der Waals surface area contributed by atoms with E-state index < -0.39 is 29.0 Å². The number of nitrogens with zero attached hydrogens (tertiary/aromatic N) is 1. The summed E-state index contributed by atoms with van der Waals surface area (Å²) in [4.78, 5) is 26.3. The van der Waals surface area contributed by atoms with Gasteiger partial charge in [0, 0.05) is 30.9 Å². The number of hydrogen-bond acceptors (Lipinski definition) is 3. The molecule has 0 unspecified atom stereocenters. The van der Waals surface area contributed by atoms with Crippen LogP contribution in [0.4, 0.5) is 17.6 Å². The maximum absolute atomic E-state index is 14.8. The fourth-order valence-corrected chi connectivity index (χ4v) is 4.00. The van der Waals surface area contributed by atoms with Gasteiger partial charge in [0.25, 0.3) is 11.8 Å². The van der Waals surface area contributed by atoms with Crippen molar-refractivity contribution in [3.8, 4) is 0 Å². The van der Waals surface area contributed by atoms with Crippen molar-refractivity contribution >= 4 is 17.5 Å². The van der Waals surface area contributed by atoms with Crippen LogP contribution in [0.1, 0.15) is 63.1 Å². The molecule has 1 aliphatic carbocycles. The van der Waals surface area contributed by atoms with Gasteiger partial charge in [0.15, 0.2) is 0 Å². The molecule has 0 radical (unpaired) electrons. The van der Waals surface area contributed by atoms with Crippen LogP contribution in [0.3, 0.4) is 0 Å². The Bertz CT molecular complexity index is 1180. The molecule has 0 aliphatic heterocycles.